The van der Waals surface area contributed by atoms with Crippen molar-refractivity contribution in [2.75, 3.05) is 19.0 Å². The number of hydrogen-bond acceptors (Lipinski definition) is 5. The zero-order valence-electron chi connectivity index (χ0n) is 19.3. The smallest absolute Gasteiger partial charge is 0.336 e. The van der Waals surface area contributed by atoms with E-state index in [0.29, 0.717) is 33.8 Å². The van der Waals surface area contributed by atoms with Gasteiger partial charge in [-0.15, -0.1) is 0 Å². The highest BCUT2D eigenvalue weighted by Crippen LogP contribution is 2.29. The molecule has 2 N–H and O–H groups in total. The molecule has 4 aromatic rings. The molecule has 1 amide bonds. The van der Waals surface area contributed by atoms with Crippen LogP contribution in [0.4, 0.5) is 5.69 Å². The van der Waals surface area contributed by atoms with Gasteiger partial charge in [-0.25, -0.2) is 9.78 Å². The van der Waals surface area contributed by atoms with Crippen LogP contribution in [0, 0.1) is 6.92 Å². The van der Waals surface area contributed by atoms with E-state index in [4.69, 9.17) is 9.47 Å². The number of para-hydroxylation sites is 1. The second-order valence-electron chi connectivity index (χ2n) is 7.86. The number of aromatic nitrogens is 1. The third-order valence-electron chi connectivity index (χ3n) is 5.29. The number of anilines is 1. The number of nitrogens with zero attached hydrogens (tertiary/aromatic N) is 1. The van der Waals surface area contributed by atoms with Crippen LogP contribution in [-0.4, -0.2) is 35.7 Å². The number of rotatable bonds is 8. The molecule has 0 aliphatic rings. The molecule has 0 unspecified atom stereocenters. The molecular formula is C28H24N2O5. The highest BCUT2D eigenvalue weighted by molar-refractivity contribution is 6.03. The van der Waals surface area contributed by atoms with Gasteiger partial charge in [0.1, 0.15) is 0 Å². The summed E-state index contributed by atoms with van der Waals surface area (Å²) in [5, 5.41) is 12.9. The lowest BCUT2D eigenvalue weighted by Crippen LogP contribution is -2.20. The maximum Gasteiger partial charge on any atom is 0.336 e. The van der Waals surface area contributed by atoms with E-state index in [-0.39, 0.29) is 18.1 Å². The van der Waals surface area contributed by atoms with Crippen molar-refractivity contribution in [3.05, 3.63) is 95.2 Å². The molecule has 1 heterocycles. The predicted octanol–water partition coefficient (Wildman–Crippen LogP) is 5.44. The molecule has 0 atom stereocenters. The first kappa shape index (κ1) is 23.5. The molecule has 3 aromatic carbocycles. The zero-order valence-corrected chi connectivity index (χ0v) is 19.3. The van der Waals surface area contributed by atoms with Gasteiger partial charge in [-0.1, -0.05) is 48.0 Å². The van der Waals surface area contributed by atoms with Crippen LogP contribution in [0.5, 0.6) is 11.5 Å². The van der Waals surface area contributed by atoms with Gasteiger partial charge in [0.2, 0.25) is 0 Å². The second-order valence-corrected chi connectivity index (χ2v) is 7.86. The van der Waals surface area contributed by atoms with E-state index in [0.717, 1.165) is 11.1 Å². The van der Waals surface area contributed by atoms with Crippen LogP contribution in [0.1, 0.15) is 27.2 Å². The molecular weight excluding hydrogens is 444 g/mol. The number of aryl methyl sites for hydroxylation is 1. The Morgan fingerprint density at radius 1 is 0.971 bits per heavy atom. The van der Waals surface area contributed by atoms with Crippen molar-refractivity contribution in [1.82, 2.24) is 4.98 Å². The largest absolute Gasteiger partial charge is 0.493 e. The Morgan fingerprint density at radius 2 is 1.74 bits per heavy atom. The number of benzene rings is 3. The van der Waals surface area contributed by atoms with E-state index in [2.05, 4.69) is 10.3 Å². The summed E-state index contributed by atoms with van der Waals surface area (Å²) in [6.07, 6.45) is 3.54. The second kappa shape index (κ2) is 10.5. The van der Waals surface area contributed by atoms with E-state index < -0.39 is 5.97 Å². The van der Waals surface area contributed by atoms with Crippen LogP contribution in [0.25, 0.3) is 23.1 Å². The first-order valence-electron chi connectivity index (χ1n) is 10.9. The molecule has 7 heteroatoms. The van der Waals surface area contributed by atoms with E-state index in [1.807, 2.05) is 43.3 Å². The number of methoxy groups -OCH3 is 1. The number of pyridine rings is 1. The lowest BCUT2D eigenvalue weighted by atomic mass is 10.1. The monoisotopic (exact) mass is 468 g/mol. The molecule has 0 saturated heterocycles. The average Bonchev–Trinajstić information content (AvgIpc) is 2.87. The van der Waals surface area contributed by atoms with Crippen LogP contribution >= 0.6 is 0 Å². The van der Waals surface area contributed by atoms with Crippen LogP contribution in [0.2, 0.25) is 0 Å². The molecule has 0 spiro atoms. The summed E-state index contributed by atoms with van der Waals surface area (Å²) in [6.45, 7) is 1.81. The van der Waals surface area contributed by atoms with Gasteiger partial charge in [0.05, 0.1) is 23.9 Å². The number of carboxylic acids is 1. The third-order valence-corrected chi connectivity index (χ3v) is 5.29. The van der Waals surface area contributed by atoms with Crippen LogP contribution in [0.3, 0.4) is 0 Å². The van der Waals surface area contributed by atoms with Crippen molar-refractivity contribution in [2.45, 2.75) is 6.92 Å². The van der Waals surface area contributed by atoms with Crippen LogP contribution in [-0.2, 0) is 4.79 Å². The minimum atomic E-state index is -1.01. The molecule has 0 aliphatic heterocycles. The van der Waals surface area contributed by atoms with Gasteiger partial charge >= 0.3 is 5.97 Å². The minimum absolute atomic E-state index is 0.168. The number of nitrogens with one attached hydrogen (secondary N) is 1. The number of amides is 1. The quantitative estimate of drug-likeness (QED) is 0.357. The summed E-state index contributed by atoms with van der Waals surface area (Å²) >= 11 is 0. The maximum atomic E-state index is 12.2. The summed E-state index contributed by atoms with van der Waals surface area (Å²) in [7, 11) is 1.52. The first-order valence-corrected chi connectivity index (χ1v) is 10.9. The maximum absolute atomic E-state index is 12.2. The summed E-state index contributed by atoms with van der Waals surface area (Å²) in [5.74, 6) is -0.391. The molecule has 7 nitrogen and oxygen atoms in total. The summed E-state index contributed by atoms with van der Waals surface area (Å²) in [4.78, 5) is 28.4. The van der Waals surface area contributed by atoms with Gasteiger partial charge in [-0.2, -0.15) is 0 Å². The third kappa shape index (κ3) is 5.83. The van der Waals surface area contributed by atoms with Crippen molar-refractivity contribution in [3.63, 3.8) is 0 Å². The number of carbonyl (C=O) groups excluding carboxylic acids is 1. The highest BCUT2D eigenvalue weighted by Gasteiger charge is 2.11. The van der Waals surface area contributed by atoms with E-state index in [1.165, 1.54) is 7.11 Å². The van der Waals surface area contributed by atoms with E-state index in [1.54, 1.807) is 48.6 Å². The van der Waals surface area contributed by atoms with Gasteiger partial charge in [0.25, 0.3) is 5.91 Å². The number of fused-ring (bicyclic) bond motifs is 1. The van der Waals surface area contributed by atoms with Crippen molar-refractivity contribution in [3.8, 4) is 11.5 Å². The Kier molecular flexibility index (Phi) is 7.07. The topological polar surface area (TPSA) is 97.8 Å². The highest BCUT2D eigenvalue weighted by atomic mass is 16.5. The average molecular weight is 469 g/mol. The number of ether oxygens (including phenoxy) is 2. The van der Waals surface area contributed by atoms with Crippen LogP contribution in [0.15, 0.2) is 72.8 Å². The van der Waals surface area contributed by atoms with E-state index in [9.17, 15) is 14.7 Å². The Labute approximate surface area is 202 Å². The number of aromatic carboxylic acids is 1. The normalized spacial score (nSPS) is 10.9. The molecule has 0 bridgehead atoms. The van der Waals surface area contributed by atoms with Gasteiger partial charge in [0, 0.05) is 11.1 Å². The molecule has 0 saturated carbocycles. The zero-order chi connectivity index (χ0) is 24.8. The summed E-state index contributed by atoms with van der Waals surface area (Å²) in [5.41, 5.74) is 3.93. The Hall–Kier alpha value is -4.65. The molecule has 0 fully saturated rings. The van der Waals surface area contributed by atoms with Gasteiger partial charge < -0.3 is 19.9 Å². The Bertz CT molecular complexity index is 1410. The van der Waals surface area contributed by atoms with E-state index >= 15 is 0 Å². The lowest BCUT2D eigenvalue weighted by molar-refractivity contribution is -0.118. The van der Waals surface area contributed by atoms with Gasteiger partial charge in [-0.05, 0) is 55.0 Å². The van der Waals surface area contributed by atoms with Crippen molar-refractivity contribution in [1.29, 1.82) is 0 Å². The van der Waals surface area contributed by atoms with Crippen molar-refractivity contribution >= 4 is 40.6 Å². The number of carbonyl (C=O) groups is 2. The van der Waals surface area contributed by atoms with Crippen molar-refractivity contribution < 1.29 is 24.2 Å². The fraction of sp³-hybridized carbons (Fsp3) is 0.107. The molecule has 176 valence electrons. The summed E-state index contributed by atoms with van der Waals surface area (Å²) in [6, 6.07) is 21.5. The molecule has 0 radical (unpaired) electrons. The van der Waals surface area contributed by atoms with Crippen molar-refractivity contribution in [2.24, 2.45) is 0 Å². The first-order chi connectivity index (χ1) is 16.9. The van der Waals surface area contributed by atoms with Crippen LogP contribution < -0.4 is 14.8 Å². The molecule has 0 aliphatic carbocycles. The number of carboxylic acid groups (broad SMARTS) is 1. The Morgan fingerprint density at radius 3 is 2.49 bits per heavy atom. The SMILES string of the molecule is COc1cc(/C=C/c2cc(C(=O)O)c3ccccc3n2)ccc1OCC(=O)Nc1ccc(C)cc1. The van der Waals surface area contributed by atoms with Gasteiger partial charge in [0.15, 0.2) is 18.1 Å². The van der Waals surface area contributed by atoms with Gasteiger partial charge in [-0.3, -0.25) is 4.79 Å². The predicted molar refractivity (Wildman–Crippen MR) is 136 cm³/mol. The number of hydrogen-bond donors (Lipinski definition) is 2. The minimum Gasteiger partial charge on any atom is -0.493 e. The summed E-state index contributed by atoms with van der Waals surface area (Å²) < 4.78 is 11.1. The fourth-order valence-corrected chi connectivity index (χ4v) is 3.52. The molecule has 1 aromatic heterocycles. The fourth-order valence-electron chi connectivity index (χ4n) is 3.52. The molecule has 35 heavy (non-hydrogen) atoms. The Balaban J connectivity index is 1.47. The standard InChI is InChI=1S/C28H24N2O5/c1-18-7-11-20(12-8-18)30-27(31)17-35-25-14-10-19(15-26(25)34-2)9-13-21-16-23(28(32)33)22-5-3-4-6-24(22)29-21/h3-16H,17H2,1-2H3,(H,30,31)(H,32,33)/b13-9+. The molecule has 4 rings (SSSR count). The lowest BCUT2D eigenvalue weighted by Gasteiger charge is -2.12.